The molecule has 0 aliphatic heterocycles. The van der Waals surface area contributed by atoms with E-state index < -0.39 is 17.9 Å². The van der Waals surface area contributed by atoms with E-state index in [0.717, 1.165) is 32.1 Å². The maximum Gasteiger partial charge on any atom is 0.303 e. The van der Waals surface area contributed by atoms with Crippen LogP contribution >= 0.6 is 0 Å². The van der Waals surface area contributed by atoms with Crippen LogP contribution in [0, 0.1) is 0 Å². The minimum atomic E-state index is -1.06. The van der Waals surface area contributed by atoms with Gasteiger partial charge in [0.2, 0.25) is 17.7 Å². The summed E-state index contributed by atoms with van der Waals surface area (Å²) in [6.45, 7) is 5.61. The molecule has 4 N–H and O–H groups in total. The van der Waals surface area contributed by atoms with Gasteiger partial charge in [-0.3, -0.25) is 19.2 Å². The van der Waals surface area contributed by atoms with Gasteiger partial charge < -0.3 is 21.1 Å². The Hall–Kier alpha value is -2.12. The monoisotopic (exact) mass is 581 g/mol. The molecule has 0 saturated heterocycles. The molecule has 0 aliphatic carbocycles. The Morgan fingerprint density at radius 2 is 0.927 bits per heavy atom. The molecule has 1 unspecified atom stereocenters. The number of carboxylic acid groups (broad SMARTS) is 1. The number of rotatable bonds is 30. The van der Waals surface area contributed by atoms with E-state index in [1.807, 2.05) is 0 Å². The van der Waals surface area contributed by atoms with E-state index in [1.54, 1.807) is 0 Å². The lowest BCUT2D eigenvalue weighted by atomic mass is 10.1. The van der Waals surface area contributed by atoms with E-state index in [4.69, 9.17) is 5.11 Å². The van der Waals surface area contributed by atoms with Gasteiger partial charge in [-0.25, -0.2) is 0 Å². The van der Waals surface area contributed by atoms with Crippen LogP contribution in [0.25, 0.3) is 0 Å². The fourth-order valence-corrected chi connectivity index (χ4v) is 4.91. The third-order valence-electron chi connectivity index (χ3n) is 7.56. The highest BCUT2D eigenvalue weighted by molar-refractivity contribution is 5.89. The molecule has 41 heavy (non-hydrogen) atoms. The van der Waals surface area contributed by atoms with Gasteiger partial charge >= 0.3 is 5.97 Å². The highest BCUT2D eigenvalue weighted by Gasteiger charge is 2.21. The third kappa shape index (κ3) is 27.8. The molecule has 0 saturated carbocycles. The van der Waals surface area contributed by atoms with Crippen LogP contribution in [0.15, 0.2) is 0 Å². The zero-order valence-corrected chi connectivity index (χ0v) is 26.5. The molecule has 0 aromatic rings. The van der Waals surface area contributed by atoms with Crippen molar-refractivity contribution in [2.24, 2.45) is 0 Å². The largest absolute Gasteiger partial charge is 0.481 e. The number of hydrogen-bond donors (Lipinski definition) is 4. The van der Waals surface area contributed by atoms with Gasteiger partial charge in [0.1, 0.15) is 6.04 Å². The van der Waals surface area contributed by atoms with Crippen LogP contribution in [0.2, 0.25) is 0 Å². The van der Waals surface area contributed by atoms with Gasteiger partial charge in [0.15, 0.2) is 0 Å². The van der Waals surface area contributed by atoms with Gasteiger partial charge in [-0.2, -0.15) is 0 Å². The summed E-state index contributed by atoms with van der Waals surface area (Å²) in [5.74, 6) is -1.99. The molecule has 0 bridgehead atoms. The van der Waals surface area contributed by atoms with Crippen LogP contribution in [-0.2, 0) is 19.2 Å². The highest BCUT2D eigenvalue weighted by atomic mass is 16.4. The second kappa shape index (κ2) is 29.4. The van der Waals surface area contributed by atoms with E-state index >= 15 is 0 Å². The zero-order chi connectivity index (χ0) is 30.4. The summed E-state index contributed by atoms with van der Waals surface area (Å²) >= 11 is 0. The van der Waals surface area contributed by atoms with Gasteiger partial charge in [-0.15, -0.1) is 0 Å². The second-order valence-corrected chi connectivity index (χ2v) is 11.6. The molecule has 3 amide bonds. The standard InChI is InChI=1S/C33H63N3O5/c1-3-5-7-9-11-13-15-17-19-21-27-34-30(37)24-23-29(36-31(38)25-26-32(39)40)33(41)35-28-22-20-18-16-14-12-10-8-6-4-2/h29H,3-28H2,1-2H3,(H,34,37)(H,35,41)(H,36,38)(H,39,40). The molecule has 0 aliphatic rings. The molecular formula is C33H63N3O5. The summed E-state index contributed by atoms with van der Waals surface area (Å²) in [5.41, 5.74) is 0. The molecular weight excluding hydrogens is 518 g/mol. The van der Waals surface area contributed by atoms with Gasteiger partial charge in [0.25, 0.3) is 0 Å². The van der Waals surface area contributed by atoms with Crippen molar-refractivity contribution in [2.75, 3.05) is 13.1 Å². The lowest BCUT2D eigenvalue weighted by Gasteiger charge is -2.18. The van der Waals surface area contributed by atoms with E-state index in [2.05, 4.69) is 29.8 Å². The van der Waals surface area contributed by atoms with Crippen molar-refractivity contribution >= 4 is 23.7 Å². The molecule has 0 aromatic carbocycles. The van der Waals surface area contributed by atoms with Crippen LogP contribution < -0.4 is 16.0 Å². The number of hydrogen-bond acceptors (Lipinski definition) is 4. The van der Waals surface area contributed by atoms with Crippen molar-refractivity contribution in [3.05, 3.63) is 0 Å². The molecule has 240 valence electrons. The van der Waals surface area contributed by atoms with Crippen molar-refractivity contribution < 1.29 is 24.3 Å². The number of aliphatic carboxylic acids is 1. The van der Waals surface area contributed by atoms with Crippen molar-refractivity contribution in [2.45, 2.75) is 174 Å². The fourth-order valence-electron chi connectivity index (χ4n) is 4.91. The molecule has 8 nitrogen and oxygen atoms in total. The molecule has 0 heterocycles. The maximum absolute atomic E-state index is 12.8. The first-order valence-corrected chi connectivity index (χ1v) is 17.0. The topological polar surface area (TPSA) is 125 Å². The summed E-state index contributed by atoms with van der Waals surface area (Å²) in [7, 11) is 0. The van der Waals surface area contributed by atoms with Crippen LogP contribution in [0.1, 0.15) is 168 Å². The molecule has 0 radical (unpaired) electrons. The molecule has 0 fully saturated rings. The Labute approximate surface area is 251 Å². The Balaban J connectivity index is 4.20. The van der Waals surface area contributed by atoms with Crippen LogP contribution in [0.4, 0.5) is 0 Å². The molecule has 1 atom stereocenters. The summed E-state index contributed by atoms with van der Waals surface area (Å²) in [6, 6.07) is -0.845. The molecule has 0 spiro atoms. The zero-order valence-electron chi connectivity index (χ0n) is 26.5. The van der Waals surface area contributed by atoms with Gasteiger partial charge in [-0.05, 0) is 19.3 Å². The quantitative estimate of drug-likeness (QED) is 0.0668. The maximum atomic E-state index is 12.8. The average molecular weight is 582 g/mol. The lowest BCUT2D eigenvalue weighted by Crippen LogP contribution is -2.47. The Morgan fingerprint density at radius 1 is 0.512 bits per heavy atom. The number of nitrogens with one attached hydrogen (secondary N) is 3. The number of carbonyl (C=O) groups excluding carboxylic acids is 3. The van der Waals surface area contributed by atoms with Crippen molar-refractivity contribution in [1.82, 2.24) is 16.0 Å². The number of amides is 3. The van der Waals surface area contributed by atoms with Crippen molar-refractivity contribution in [1.29, 1.82) is 0 Å². The Bertz CT molecular complexity index is 671. The number of carboxylic acids is 1. The molecule has 0 aromatic heterocycles. The first kappa shape index (κ1) is 38.9. The van der Waals surface area contributed by atoms with E-state index in [1.165, 1.54) is 96.3 Å². The van der Waals surface area contributed by atoms with E-state index in [-0.39, 0.29) is 37.5 Å². The smallest absolute Gasteiger partial charge is 0.303 e. The second-order valence-electron chi connectivity index (χ2n) is 11.6. The summed E-state index contributed by atoms with van der Waals surface area (Å²) in [5, 5.41) is 17.3. The van der Waals surface area contributed by atoms with Gasteiger partial charge in [0.05, 0.1) is 6.42 Å². The summed E-state index contributed by atoms with van der Waals surface area (Å²) in [6.07, 6.45) is 24.3. The van der Waals surface area contributed by atoms with Crippen molar-refractivity contribution in [3.63, 3.8) is 0 Å². The first-order chi connectivity index (χ1) is 19.9. The number of unbranched alkanes of at least 4 members (excludes halogenated alkanes) is 18. The van der Waals surface area contributed by atoms with Gasteiger partial charge in [0, 0.05) is 25.9 Å². The average Bonchev–Trinajstić information content (AvgIpc) is 2.95. The Morgan fingerprint density at radius 3 is 1.37 bits per heavy atom. The highest BCUT2D eigenvalue weighted by Crippen LogP contribution is 2.11. The minimum Gasteiger partial charge on any atom is -0.481 e. The minimum absolute atomic E-state index is 0.131. The van der Waals surface area contributed by atoms with E-state index in [0.29, 0.717) is 13.1 Å². The summed E-state index contributed by atoms with van der Waals surface area (Å²) in [4.78, 5) is 48.1. The Kier molecular flexibility index (Phi) is 27.9. The lowest BCUT2D eigenvalue weighted by molar-refractivity contribution is -0.139. The van der Waals surface area contributed by atoms with Crippen LogP contribution in [0.3, 0.4) is 0 Å². The van der Waals surface area contributed by atoms with Crippen LogP contribution in [0.5, 0.6) is 0 Å². The normalized spacial score (nSPS) is 11.7. The van der Waals surface area contributed by atoms with Gasteiger partial charge in [-0.1, -0.05) is 129 Å². The predicted molar refractivity (Wildman–Crippen MR) is 168 cm³/mol. The third-order valence-corrected chi connectivity index (χ3v) is 7.56. The fraction of sp³-hybridized carbons (Fsp3) is 0.879. The SMILES string of the molecule is CCCCCCCCCCCCNC(=O)CCC(NC(=O)CCC(=O)O)C(=O)NCCCCCCCCCCCC. The van der Waals surface area contributed by atoms with E-state index in [9.17, 15) is 19.2 Å². The van der Waals surface area contributed by atoms with Crippen molar-refractivity contribution in [3.8, 4) is 0 Å². The van der Waals surface area contributed by atoms with Crippen LogP contribution in [-0.4, -0.2) is 47.9 Å². The number of carbonyl (C=O) groups is 4. The molecule has 0 rings (SSSR count). The predicted octanol–water partition coefficient (Wildman–Crippen LogP) is 7.19. The summed E-state index contributed by atoms with van der Waals surface area (Å²) < 4.78 is 0. The molecule has 8 heteroatoms. The first-order valence-electron chi connectivity index (χ1n) is 17.0.